The Kier molecular flexibility index (Phi) is 8.52. The molecule has 1 saturated heterocycles. The highest BCUT2D eigenvalue weighted by molar-refractivity contribution is 7.92. The molecule has 2 radical (unpaired) electrons. The zero-order valence-corrected chi connectivity index (χ0v) is 23.7. The average molecular weight is 581 g/mol. The maximum Gasteiger partial charge on any atom is 0.246 e. The summed E-state index contributed by atoms with van der Waals surface area (Å²) in [4.78, 5) is 10.6. The van der Waals surface area contributed by atoms with Crippen molar-refractivity contribution >= 4 is 56.8 Å². The first-order valence-electron chi connectivity index (χ1n) is 12.1. The summed E-state index contributed by atoms with van der Waals surface area (Å²) in [5, 5.41) is 0. The van der Waals surface area contributed by atoms with Gasteiger partial charge in [0.2, 0.25) is 20.0 Å². The number of para-hydroxylation sites is 1. The lowest BCUT2D eigenvalue weighted by Gasteiger charge is -2.35. The van der Waals surface area contributed by atoms with E-state index in [2.05, 4.69) is 21.3 Å². The van der Waals surface area contributed by atoms with E-state index in [1.807, 2.05) is 4.90 Å². The van der Waals surface area contributed by atoms with Crippen LogP contribution < -0.4 is 20.8 Å². The number of rotatable bonds is 9. The number of sulfonamides is 2. The molecule has 1 aromatic heterocycles. The standard InChI is InChI=1S/C26H29BN6O5S2/c1-18(32-10-12-33(13-11-32)40(36,37)25-7-5-4-6-24(25)38-2)16-29-22-9-8-19(14-21(22)28)20-15-23(26(27)30-17-20)31-39(3,34)35/h4-9,14-17,31H,1,10-13,28H2,2-3H3. The lowest BCUT2D eigenvalue weighted by molar-refractivity contribution is 0.237. The van der Waals surface area contributed by atoms with Gasteiger partial charge in [-0.3, -0.25) is 14.7 Å². The van der Waals surface area contributed by atoms with Crippen LogP contribution in [0.2, 0.25) is 0 Å². The van der Waals surface area contributed by atoms with E-state index in [9.17, 15) is 16.8 Å². The quantitative estimate of drug-likeness (QED) is 0.221. The molecule has 0 atom stereocenters. The van der Waals surface area contributed by atoms with Crippen molar-refractivity contribution in [3.8, 4) is 16.9 Å². The van der Waals surface area contributed by atoms with E-state index in [4.69, 9.17) is 18.3 Å². The van der Waals surface area contributed by atoms with Gasteiger partial charge < -0.3 is 15.4 Å². The fraction of sp³-hybridized carbons (Fsp3) is 0.231. The number of nitrogen functional groups attached to an aromatic ring is 1. The summed E-state index contributed by atoms with van der Waals surface area (Å²) in [5.74, 6) is 0.309. The predicted octanol–water partition coefficient (Wildman–Crippen LogP) is 1.73. The minimum Gasteiger partial charge on any atom is -0.495 e. The summed E-state index contributed by atoms with van der Waals surface area (Å²) < 4.78 is 58.5. The fourth-order valence-corrected chi connectivity index (χ4v) is 6.32. The number of pyridine rings is 1. The molecule has 0 spiro atoms. The van der Waals surface area contributed by atoms with Gasteiger partial charge in [-0.25, -0.2) is 16.8 Å². The second-order valence-electron chi connectivity index (χ2n) is 9.10. The Morgan fingerprint density at radius 1 is 1.10 bits per heavy atom. The van der Waals surface area contributed by atoms with Crippen LogP contribution in [0.5, 0.6) is 5.75 Å². The Morgan fingerprint density at radius 2 is 1.80 bits per heavy atom. The van der Waals surface area contributed by atoms with Crippen molar-refractivity contribution in [3.63, 3.8) is 0 Å². The van der Waals surface area contributed by atoms with Crippen LogP contribution in [0.15, 0.2) is 76.9 Å². The molecule has 0 aliphatic carbocycles. The number of piperazine rings is 1. The van der Waals surface area contributed by atoms with E-state index >= 15 is 0 Å². The second-order valence-corrected chi connectivity index (χ2v) is 12.8. The molecular formula is C26H29BN6O5S2. The molecule has 0 unspecified atom stereocenters. The zero-order chi connectivity index (χ0) is 29.1. The van der Waals surface area contributed by atoms with Gasteiger partial charge in [0.1, 0.15) is 18.5 Å². The Morgan fingerprint density at radius 3 is 2.45 bits per heavy atom. The molecule has 1 aliphatic rings. The van der Waals surface area contributed by atoms with E-state index in [0.717, 1.165) is 6.26 Å². The molecule has 4 rings (SSSR count). The van der Waals surface area contributed by atoms with E-state index < -0.39 is 20.0 Å². The highest BCUT2D eigenvalue weighted by Gasteiger charge is 2.30. The third-order valence-corrected chi connectivity index (χ3v) is 8.79. The van der Waals surface area contributed by atoms with Crippen molar-refractivity contribution in [2.45, 2.75) is 4.90 Å². The van der Waals surface area contributed by atoms with Crippen molar-refractivity contribution in [2.75, 3.05) is 50.0 Å². The highest BCUT2D eigenvalue weighted by atomic mass is 32.2. The summed E-state index contributed by atoms with van der Waals surface area (Å²) in [6, 6.07) is 13.4. The number of nitrogens with zero attached hydrogens (tertiary/aromatic N) is 4. The average Bonchev–Trinajstić information content (AvgIpc) is 2.92. The SMILES string of the molecule is [B]c1ncc(-c2ccc(N=CC(=C)N3CCN(S(=O)(=O)c4ccccc4OC)CC3)c(N)c2)cc1NS(C)(=O)=O. The van der Waals surface area contributed by atoms with Crippen LogP contribution in [0.1, 0.15) is 0 Å². The third kappa shape index (κ3) is 6.63. The molecule has 0 bridgehead atoms. The number of aromatic nitrogens is 1. The van der Waals surface area contributed by atoms with E-state index in [1.165, 1.54) is 23.7 Å². The molecule has 3 aromatic rings. The van der Waals surface area contributed by atoms with Crippen LogP contribution >= 0.6 is 0 Å². The van der Waals surface area contributed by atoms with Crippen LogP contribution in [-0.4, -0.2) is 84.6 Å². The highest BCUT2D eigenvalue weighted by Crippen LogP contribution is 2.30. The minimum atomic E-state index is -3.70. The Hall–Kier alpha value is -3.88. The second kappa shape index (κ2) is 11.7. The molecule has 40 heavy (non-hydrogen) atoms. The first kappa shape index (κ1) is 29.1. The van der Waals surface area contributed by atoms with Gasteiger partial charge in [0.25, 0.3) is 0 Å². The van der Waals surface area contributed by atoms with Gasteiger partial charge in [-0.1, -0.05) is 24.8 Å². The van der Waals surface area contributed by atoms with Gasteiger partial charge in [0.05, 0.1) is 36.6 Å². The number of allylic oxidation sites excluding steroid dienone is 1. The number of hydrogen-bond acceptors (Lipinski definition) is 9. The molecule has 2 aromatic carbocycles. The Balaban J connectivity index is 1.41. The van der Waals surface area contributed by atoms with Crippen molar-refractivity contribution in [1.82, 2.24) is 14.2 Å². The molecule has 2 heterocycles. The van der Waals surface area contributed by atoms with Crippen LogP contribution in [0.3, 0.4) is 0 Å². The summed E-state index contributed by atoms with van der Waals surface area (Å²) in [7, 11) is 0.0109. The lowest BCUT2D eigenvalue weighted by atomic mass is 9.98. The number of methoxy groups -OCH3 is 1. The summed E-state index contributed by atoms with van der Waals surface area (Å²) in [5.41, 5.74) is 9.32. The van der Waals surface area contributed by atoms with Gasteiger partial charge in [-0.2, -0.15) is 4.31 Å². The van der Waals surface area contributed by atoms with Crippen molar-refractivity contribution in [1.29, 1.82) is 0 Å². The van der Waals surface area contributed by atoms with Crippen LogP contribution in [-0.2, 0) is 20.0 Å². The van der Waals surface area contributed by atoms with Gasteiger partial charge in [0, 0.05) is 49.2 Å². The number of hydrogen-bond donors (Lipinski definition) is 2. The number of nitrogens with two attached hydrogens (primary N) is 1. The maximum absolute atomic E-state index is 13.1. The first-order chi connectivity index (χ1) is 18.9. The molecule has 0 saturated carbocycles. The molecule has 0 amide bonds. The van der Waals surface area contributed by atoms with Crippen molar-refractivity contribution in [3.05, 3.63) is 67.0 Å². The topological polar surface area (TPSA) is 147 Å². The molecule has 208 valence electrons. The van der Waals surface area contributed by atoms with Crippen molar-refractivity contribution < 1.29 is 21.6 Å². The number of aliphatic imine (C=N–C) groups is 1. The smallest absolute Gasteiger partial charge is 0.246 e. The van der Waals surface area contributed by atoms with Crippen molar-refractivity contribution in [2.24, 2.45) is 4.99 Å². The normalized spacial score (nSPS) is 14.8. The van der Waals surface area contributed by atoms with Crippen LogP contribution in [0.4, 0.5) is 17.1 Å². The summed E-state index contributed by atoms with van der Waals surface area (Å²) in [6.45, 7) is 5.55. The number of anilines is 2. The molecule has 3 N–H and O–H groups in total. The Bertz CT molecular complexity index is 1670. The summed E-state index contributed by atoms with van der Waals surface area (Å²) in [6.07, 6.45) is 4.15. The van der Waals surface area contributed by atoms with E-state index in [1.54, 1.807) is 48.7 Å². The number of benzene rings is 2. The minimum absolute atomic E-state index is 0.0557. The Labute approximate surface area is 235 Å². The molecule has 1 fully saturated rings. The molecule has 1 aliphatic heterocycles. The maximum atomic E-state index is 13.1. The number of ether oxygens (including phenoxy) is 1. The molecule has 11 nitrogen and oxygen atoms in total. The lowest BCUT2D eigenvalue weighted by Crippen LogP contribution is -2.48. The first-order valence-corrected chi connectivity index (χ1v) is 15.5. The van der Waals surface area contributed by atoms with Crippen LogP contribution in [0.25, 0.3) is 11.1 Å². The monoisotopic (exact) mass is 580 g/mol. The fourth-order valence-electron chi connectivity index (χ4n) is 4.18. The molecule has 14 heteroatoms. The van der Waals surface area contributed by atoms with Gasteiger partial charge >= 0.3 is 0 Å². The largest absolute Gasteiger partial charge is 0.495 e. The zero-order valence-electron chi connectivity index (χ0n) is 22.1. The van der Waals surface area contributed by atoms with E-state index in [0.29, 0.717) is 47.0 Å². The van der Waals surface area contributed by atoms with E-state index in [-0.39, 0.29) is 29.3 Å². The predicted molar refractivity (Wildman–Crippen MR) is 159 cm³/mol. The van der Waals surface area contributed by atoms with Gasteiger partial charge in [-0.05, 0) is 35.9 Å². The summed E-state index contributed by atoms with van der Waals surface area (Å²) >= 11 is 0. The van der Waals surface area contributed by atoms with Crippen LogP contribution in [0, 0.1) is 0 Å². The number of nitrogens with one attached hydrogen (secondary N) is 1. The molecular weight excluding hydrogens is 551 g/mol. The van der Waals surface area contributed by atoms with Gasteiger partial charge in [0.15, 0.2) is 0 Å². The third-order valence-electron chi connectivity index (χ3n) is 6.26. The van der Waals surface area contributed by atoms with Gasteiger partial charge in [-0.15, -0.1) is 0 Å².